The quantitative estimate of drug-likeness (QED) is 0.445. The zero-order valence-corrected chi connectivity index (χ0v) is 14.3. The Hall–Kier alpha value is -1.75. The van der Waals surface area contributed by atoms with E-state index in [9.17, 15) is 4.79 Å². The van der Waals surface area contributed by atoms with E-state index in [1.807, 2.05) is 30.3 Å². The minimum atomic E-state index is -0.350. The number of esters is 1. The van der Waals surface area contributed by atoms with Crippen LogP contribution in [-0.2, 0) is 4.74 Å². The molecule has 0 aliphatic carbocycles. The highest BCUT2D eigenvalue weighted by Gasteiger charge is 2.11. The lowest BCUT2D eigenvalue weighted by Crippen LogP contribution is -2.11. The summed E-state index contributed by atoms with van der Waals surface area (Å²) in [6.45, 7) is 0.365. The zero-order valence-electron chi connectivity index (χ0n) is 11.9. The maximum Gasteiger partial charge on any atom is 0.348 e. The molecule has 23 heavy (non-hydrogen) atoms. The van der Waals surface area contributed by atoms with Crippen molar-refractivity contribution < 1.29 is 14.3 Å². The van der Waals surface area contributed by atoms with Crippen molar-refractivity contribution in [2.24, 2.45) is 0 Å². The Kier molecular flexibility index (Phi) is 5.06. The number of ether oxygens (including phenoxy) is 2. The van der Waals surface area contributed by atoms with Gasteiger partial charge in [-0.25, -0.2) is 4.79 Å². The first-order chi connectivity index (χ1) is 11.1. The highest BCUT2D eigenvalue weighted by atomic mass is 35.5. The van der Waals surface area contributed by atoms with E-state index >= 15 is 0 Å². The molecule has 0 N–H and O–H groups in total. The van der Waals surface area contributed by atoms with Crippen molar-refractivity contribution in [2.75, 3.05) is 13.2 Å². The number of fused-ring (bicyclic) bond motifs is 1. The van der Waals surface area contributed by atoms with E-state index in [0.717, 1.165) is 10.1 Å². The van der Waals surface area contributed by atoms with Gasteiger partial charge < -0.3 is 9.47 Å². The van der Waals surface area contributed by atoms with Crippen molar-refractivity contribution in [3.05, 3.63) is 63.5 Å². The molecule has 6 heteroatoms. The van der Waals surface area contributed by atoms with E-state index in [1.165, 1.54) is 11.3 Å². The molecule has 0 unspecified atom stereocenters. The molecule has 0 spiro atoms. The summed E-state index contributed by atoms with van der Waals surface area (Å²) in [6.07, 6.45) is 0. The lowest BCUT2D eigenvalue weighted by molar-refractivity contribution is 0.0456. The largest absolute Gasteiger partial charge is 0.488 e. The third-order valence-electron chi connectivity index (χ3n) is 3.09. The Bertz CT molecular complexity index is 812. The minimum Gasteiger partial charge on any atom is -0.488 e. The van der Waals surface area contributed by atoms with Crippen LogP contribution < -0.4 is 4.74 Å². The van der Waals surface area contributed by atoms with Crippen LogP contribution in [0.15, 0.2) is 48.5 Å². The fourth-order valence-corrected chi connectivity index (χ4v) is 3.45. The summed E-state index contributed by atoms with van der Waals surface area (Å²) in [6, 6.07) is 14.6. The van der Waals surface area contributed by atoms with Crippen LogP contribution in [0.4, 0.5) is 0 Å². The molecular formula is C17H12Cl2O3S. The van der Waals surface area contributed by atoms with Crippen LogP contribution in [0.1, 0.15) is 9.67 Å². The fraction of sp³-hybridized carbons (Fsp3) is 0.118. The van der Waals surface area contributed by atoms with Crippen LogP contribution >= 0.6 is 34.5 Å². The van der Waals surface area contributed by atoms with Gasteiger partial charge in [0.2, 0.25) is 0 Å². The summed E-state index contributed by atoms with van der Waals surface area (Å²) in [5.41, 5.74) is 0. The standard InChI is InChI=1S/C17H12Cl2O3S/c18-12-5-6-14(13(19)10-12)21-7-8-22-17(20)16-9-11-3-1-2-4-15(11)23-16/h1-6,9-10H,7-8H2. The van der Waals surface area contributed by atoms with Gasteiger partial charge >= 0.3 is 5.97 Å². The second-order valence-corrected chi connectivity index (χ2v) is 6.64. The number of carbonyl (C=O) groups is 1. The summed E-state index contributed by atoms with van der Waals surface area (Å²) >= 11 is 13.2. The SMILES string of the molecule is O=C(OCCOc1ccc(Cl)cc1Cl)c1cc2ccccc2s1. The smallest absolute Gasteiger partial charge is 0.348 e. The second kappa shape index (κ2) is 7.21. The summed E-state index contributed by atoms with van der Waals surface area (Å²) < 4.78 is 11.8. The van der Waals surface area contributed by atoms with Crippen molar-refractivity contribution in [3.63, 3.8) is 0 Å². The Labute approximate surface area is 147 Å². The van der Waals surface area contributed by atoms with Crippen molar-refractivity contribution in [2.45, 2.75) is 0 Å². The van der Waals surface area contributed by atoms with E-state index in [0.29, 0.717) is 20.7 Å². The van der Waals surface area contributed by atoms with Crippen LogP contribution in [-0.4, -0.2) is 19.2 Å². The first kappa shape index (κ1) is 16.1. The van der Waals surface area contributed by atoms with Gasteiger partial charge in [-0.1, -0.05) is 41.4 Å². The van der Waals surface area contributed by atoms with Gasteiger partial charge in [-0.2, -0.15) is 0 Å². The molecule has 3 rings (SSSR count). The Balaban J connectivity index is 1.53. The first-order valence-electron chi connectivity index (χ1n) is 6.87. The van der Waals surface area contributed by atoms with Crippen molar-refractivity contribution >= 4 is 50.6 Å². The van der Waals surface area contributed by atoms with E-state index in [2.05, 4.69) is 0 Å². The normalized spacial score (nSPS) is 10.7. The van der Waals surface area contributed by atoms with Gasteiger partial charge in [0.15, 0.2) is 0 Å². The van der Waals surface area contributed by atoms with Crippen molar-refractivity contribution in [3.8, 4) is 5.75 Å². The molecule has 3 aromatic rings. The molecule has 1 heterocycles. The highest BCUT2D eigenvalue weighted by molar-refractivity contribution is 7.20. The lowest BCUT2D eigenvalue weighted by Gasteiger charge is -2.08. The molecular weight excluding hydrogens is 355 g/mol. The summed E-state index contributed by atoms with van der Waals surface area (Å²) in [4.78, 5) is 12.6. The molecule has 0 bridgehead atoms. The third kappa shape index (κ3) is 3.96. The Morgan fingerprint density at radius 3 is 2.65 bits per heavy atom. The number of hydrogen-bond donors (Lipinski definition) is 0. The minimum absolute atomic E-state index is 0.145. The fourth-order valence-electron chi connectivity index (χ4n) is 2.03. The number of benzene rings is 2. The molecule has 118 valence electrons. The van der Waals surface area contributed by atoms with Gasteiger partial charge in [0, 0.05) is 9.72 Å². The molecule has 0 atom stereocenters. The summed E-state index contributed by atoms with van der Waals surface area (Å²) in [5.74, 6) is 0.158. The lowest BCUT2D eigenvalue weighted by atomic mass is 10.2. The van der Waals surface area contributed by atoms with Gasteiger partial charge in [-0.3, -0.25) is 0 Å². The Morgan fingerprint density at radius 1 is 1.04 bits per heavy atom. The Morgan fingerprint density at radius 2 is 1.87 bits per heavy atom. The van der Waals surface area contributed by atoms with Crippen LogP contribution in [0.25, 0.3) is 10.1 Å². The molecule has 2 aromatic carbocycles. The number of rotatable bonds is 5. The van der Waals surface area contributed by atoms with Crippen molar-refractivity contribution in [1.82, 2.24) is 0 Å². The maximum atomic E-state index is 12.0. The van der Waals surface area contributed by atoms with Gasteiger partial charge in [0.25, 0.3) is 0 Å². The van der Waals surface area contributed by atoms with Crippen LogP contribution in [0.2, 0.25) is 10.0 Å². The van der Waals surface area contributed by atoms with Crippen LogP contribution in [0, 0.1) is 0 Å². The molecule has 0 amide bonds. The van der Waals surface area contributed by atoms with Crippen molar-refractivity contribution in [1.29, 1.82) is 0 Å². The predicted molar refractivity (Wildman–Crippen MR) is 94.1 cm³/mol. The summed E-state index contributed by atoms with van der Waals surface area (Å²) in [7, 11) is 0. The molecule has 0 aliphatic heterocycles. The first-order valence-corrected chi connectivity index (χ1v) is 8.44. The van der Waals surface area contributed by atoms with Gasteiger partial charge in [0.1, 0.15) is 23.8 Å². The number of hydrogen-bond acceptors (Lipinski definition) is 4. The van der Waals surface area contributed by atoms with Gasteiger partial charge in [-0.15, -0.1) is 11.3 Å². The number of thiophene rings is 1. The zero-order chi connectivity index (χ0) is 16.2. The maximum absolute atomic E-state index is 12.0. The van der Waals surface area contributed by atoms with Crippen LogP contribution in [0.3, 0.4) is 0 Å². The van der Waals surface area contributed by atoms with Gasteiger partial charge in [-0.05, 0) is 35.7 Å². The molecule has 0 saturated carbocycles. The molecule has 3 nitrogen and oxygen atoms in total. The van der Waals surface area contributed by atoms with E-state index in [1.54, 1.807) is 18.2 Å². The molecule has 0 radical (unpaired) electrons. The predicted octanol–water partition coefficient (Wildman–Crippen LogP) is 5.44. The monoisotopic (exact) mass is 366 g/mol. The topological polar surface area (TPSA) is 35.5 Å². The molecule has 0 fully saturated rings. The second-order valence-electron chi connectivity index (χ2n) is 4.71. The average Bonchev–Trinajstić information content (AvgIpc) is 2.97. The van der Waals surface area contributed by atoms with Crippen LogP contribution in [0.5, 0.6) is 5.75 Å². The number of halogens is 2. The molecule has 0 saturated heterocycles. The molecule has 1 aromatic heterocycles. The van der Waals surface area contributed by atoms with E-state index < -0.39 is 0 Å². The summed E-state index contributed by atoms with van der Waals surface area (Å²) in [5, 5.41) is 2.00. The van der Waals surface area contributed by atoms with E-state index in [-0.39, 0.29) is 19.2 Å². The van der Waals surface area contributed by atoms with E-state index in [4.69, 9.17) is 32.7 Å². The molecule has 0 aliphatic rings. The third-order valence-corrected chi connectivity index (χ3v) is 4.72. The van der Waals surface area contributed by atoms with Gasteiger partial charge in [0.05, 0.1) is 5.02 Å². The highest BCUT2D eigenvalue weighted by Crippen LogP contribution is 2.28. The number of carbonyl (C=O) groups excluding carboxylic acids is 1. The average molecular weight is 367 g/mol.